The van der Waals surface area contributed by atoms with Crippen LogP contribution >= 0.6 is 11.6 Å². The van der Waals surface area contributed by atoms with Gasteiger partial charge in [-0.3, -0.25) is 0 Å². The summed E-state index contributed by atoms with van der Waals surface area (Å²) in [7, 11) is 1.66. The lowest BCUT2D eigenvalue weighted by Crippen LogP contribution is -2.29. The molecule has 0 radical (unpaired) electrons. The van der Waals surface area contributed by atoms with E-state index in [-0.39, 0.29) is 0 Å². The van der Waals surface area contributed by atoms with Crippen LogP contribution in [-0.4, -0.2) is 13.7 Å². The summed E-state index contributed by atoms with van der Waals surface area (Å²) < 4.78 is 5.23. The van der Waals surface area contributed by atoms with Gasteiger partial charge >= 0.3 is 0 Å². The Morgan fingerprint density at radius 1 is 1.32 bits per heavy atom. The summed E-state index contributed by atoms with van der Waals surface area (Å²) in [6.07, 6.45) is 6.74. The molecule has 0 spiro atoms. The standard InChI is InChI=1S/C16H24ClNO/c1-3-18-16(12-7-5-4-6-8-12)13-9-10-15(19-2)14(17)11-13/h9-12,16,18H,3-8H2,1-2H3. The highest BCUT2D eigenvalue weighted by Crippen LogP contribution is 2.36. The smallest absolute Gasteiger partial charge is 0.137 e. The molecule has 3 heteroatoms. The van der Waals surface area contributed by atoms with Crippen molar-refractivity contribution in [2.45, 2.75) is 45.1 Å². The first-order valence-electron chi connectivity index (χ1n) is 7.33. The monoisotopic (exact) mass is 281 g/mol. The molecule has 1 atom stereocenters. The van der Waals surface area contributed by atoms with Gasteiger partial charge in [0.2, 0.25) is 0 Å². The highest BCUT2D eigenvalue weighted by molar-refractivity contribution is 6.32. The van der Waals surface area contributed by atoms with Crippen LogP contribution in [-0.2, 0) is 0 Å². The highest BCUT2D eigenvalue weighted by Gasteiger charge is 2.24. The van der Waals surface area contributed by atoms with E-state index in [4.69, 9.17) is 16.3 Å². The molecule has 19 heavy (non-hydrogen) atoms. The van der Waals surface area contributed by atoms with Crippen LogP contribution in [0.25, 0.3) is 0 Å². The second kappa shape index (κ2) is 7.16. The summed E-state index contributed by atoms with van der Waals surface area (Å²) in [4.78, 5) is 0. The fourth-order valence-electron chi connectivity index (χ4n) is 3.12. The minimum Gasteiger partial charge on any atom is -0.495 e. The van der Waals surface area contributed by atoms with Crippen molar-refractivity contribution < 1.29 is 4.74 Å². The average Bonchev–Trinajstić information content (AvgIpc) is 2.45. The lowest BCUT2D eigenvalue weighted by atomic mass is 9.81. The Kier molecular flexibility index (Phi) is 5.53. The van der Waals surface area contributed by atoms with Crippen molar-refractivity contribution in [1.29, 1.82) is 0 Å². The van der Waals surface area contributed by atoms with Gasteiger partial charge in [0.25, 0.3) is 0 Å². The number of rotatable bonds is 5. The van der Waals surface area contributed by atoms with Crippen LogP contribution in [0.3, 0.4) is 0 Å². The quantitative estimate of drug-likeness (QED) is 0.853. The van der Waals surface area contributed by atoms with Crippen LogP contribution in [0.4, 0.5) is 0 Å². The first kappa shape index (κ1) is 14.7. The average molecular weight is 282 g/mol. The maximum absolute atomic E-state index is 6.26. The van der Waals surface area contributed by atoms with Crippen LogP contribution in [0.5, 0.6) is 5.75 Å². The molecule has 0 aliphatic heterocycles. The molecule has 1 unspecified atom stereocenters. The van der Waals surface area contributed by atoms with E-state index in [9.17, 15) is 0 Å². The van der Waals surface area contributed by atoms with Crippen molar-refractivity contribution >= 4 is 11.6 Å². The molecule has 2 nitrogen and oxygen atoms in total. The molecule has 0 bridgehead atoms. The lowest BCUT2D eigenvalue weighted by molar-refractivity contribution is 0.274. The molecule has 1 aliphatic carbocycles. The Balaban J connectivity index is 2.19. The van der Waals surface area contributed by atoms with Gasteiger partial charge < -0.3 is 10.1 Å². The summed E-state index contributed by atoms with van der Waals surface area (Å²) >= 11 is 6.26. The van der Waals surface area contributed by atoms with E-state index >= 15 is 0 Å². The molecule has 0 amide bonds. The molecule has 0 heterocycles. The van der Waals surface area contributed by atoms with Crippen LogP contribution in [0, 0.1) is 5.92 Å². The van der Waals surface area contributed by atoms with Crippen LogP contribution < -0.4 is 10.1 Å². The van der Waals surface area contributed by atoms with Crippen molar-refractivity contribution in [3.8, 4) is 5.75 Å². The molecule has 0 aromatic heterocycles. The fourth-order valence-corrected chi connectivity index (χ4v) is 3.39. The van der Waals surface area contributed by atoms with E-state index in [1.807, 2.05) is 6.07 Å². The zero-order valence-electron chi connectivity index (χ0n) is 11.9. The molecular formula is C16H24ClNO. The van der Waals surface area contributed by atoms with Crippen molar-refractivity contribution in [2.24, 2.45) is 5.92 Å². The Morgan fingerprint density at radius 3 is 2.63 bits per heavy atom. The first-order chi connectivity index (χ1) is 9.26. The number of methoxy groups -OCH3 is 1. The van der Waals surface area contributed by atoms with Gasteiger partial charge in [0.1, 0.15) is 5.75 Å². The predicted molar refractivity (Wildman–Crippen MR) is 81.0 cm³/mol. The molecule has 1 fully saturated rings. The number of ether oxygens (including phenoxy) is 1. The number of hydrogen-bond donors (Lipinski definition) is 1. The number of nitrogens with one attached hydrogen (secondary N) is 1. The molecule has 106 valence electrons. The van der Waals surface area contributed by atoms with Crippen molar-refractivity contribution in [1.82, 2.24) is 5.32 Å². The van der Waals surface area contributed by atoms with E-state index in [1.54, 1.807) is 7.11 Å². The Morgan fingerprint density at radius 2 is 2.05 bits per heavy atom. The predicted octanol–water partition coefficient (Wildman–Crippen LogP) is 4.58. The number of benzene rings is 1. The van der Waals surface area contributed by atoms with Gasteiger partial charge in [0.15, 0.2) is 0 Å². The zero-order chi connectivity index (χ0) is 13.7. The molecular weight excluding hydrogens is 258 g/mol. The van der Waals surface area contributed by atoms with Gasteiger partial charge in [0, 0.05) is 6.04 Å². The van der Waals surface area contributed by atoms with E-state index < -0.39 is 0 Å². The SMILES string of the molecule is CCNC(c1ccc(OC)c(Cl)c1)C1CCCCC1. The summed E-state index contributed by atoms with van der Waals surface area (Å²) in [6, 6.07) is 6.61. The highest BCUT2D eigenvalue weighted by atomic mass is 35.5. The number of halogens is 1. The normalized spacial score (nSPS) is 18.3. The Bertz CT molecular complexity index is 402. The molecule has 1 aliphatic rings. The summed E-state index contributed by atoms with van der Waals surface area (Å²) in [5, 5.41) is 4.34. The molecule has 1 aromatic rings. The Hall–Kier alpha value is -0.730. The van der Waals surface area contributed by atoms with Gasteiger partial charge in [-0.05, 0) is 43.0 Å². The summed E-state index contributed by atoms with van der Waals surface area (Å²) in [6.45, 7) is 3.16. The second-order valence-electron chi connectivity index (χ2n) is 5.33. The van der Waals surface area contributed by atoms with E-state index in [0.717, 1.165) is 18.2 Å². The van der Waals surface area contributed by atoms with Crippen molar-refractivity contribution in [3.05, 3.63) is 28.8 Å². The third-order valence-electron chi connectivity index (χ3n) is 4.08. The minimum atomic E-state index is 0.425. The van der Waals surface area contributed by atoms with Gasteiger partial charge in [0.05, 0.1) is 12.1 Å². The topological polar surface area (TPSA) is 21.3 Å². The maximum Gasteiger partial charge on any atom is 0.137 e. The van der Waals surface area contributed by atoms with E-state index in [0.29, 0.717) is 11.1 Å². The number of hydrogen-bond acceptors (Lipinski definition) is 2. The van der Waals surface area contributed by atoms with Crippen molar-refractivity contribution in [2.75, 3.05) is 13.7 Å². The van der Waals surface area contributed by atoms with Gasteiger partial charge in [-0.1, -0.05) is 43.9 Å². The molecule has 1 saturated carbocycles. The molecule has 0 saturated heterocycles. The Labute approximate surface area is 121 Å². The van der Waals surface area contributed by atoms with E-state index in [1.165, 1.54) is 37.7 Å². The van der Waals surface area contributed by atoms with Crippen LogP contribution in [0.2, 0.25) is 5.02 Å². The molecule has 1 aromatic carbocycles. The minimum absolute atomic E-state index is 0.425. The van der Waals surface area contributed by atoms with E-state index in [2.05, 4.69) is 24.4 Å². The van der Waals surface area contributed by atoms with Crippen LogP contribution in [0.1, 0.15) is 50.6 Å². The maximum atomic E-state index is 6.26. The van der Waals surface area contributed by atoms with Crippen LogP contribution in [0.15, 0.2) is 18.2 Å². The zero-order valence-corrected chi connectivity index (χ0v) is 12.7. The molecule has 2 rings (SSSR count). The summed E-state index contributed by atoms with van der Waals surface area (Å²) in [5.41, 5.74) is 1.29. The largest absolute Gasteiger partial charge is 0.495 e. The van der Waals surface area contributed by atoms with Crippen molar-refractivity contribution in [3.63, 3.8) is 0 Å². The lowest BCUT2D eigenvalue weighted by Gasteiger charge is -2.31. The first-order valence-corrected chi connectivity index (χ1v) is 7.71. The van der Waals surface area contributed by atoms with Gasteiger partial charge in [-0.25, -0.2) is 0 Å². The van der Waals surface area contributed by atoms with Gasteiger partial charge in [-0.2, -0.15) is 0 Å². The third-order valence-corrected chi connectivity index (χ3v) is 4.38. The molecule has 1 N–H and O–H groups in total. The third kappa shape index (κ3) is 3.64. The fraction of sp³-hybridized carbons (Fsp3) is 0.625. The second-order valence-corrected chi connectivity index (χ2v) is 5.73. The summed E-state index contributed by atoms with van der Waals surface area (Å²) in [5.74, 6) is 1.49. The van der Waals surface area contributed by atoms with Gasteiger partial charge in [-0.15, -0.1) is 0 Å².